The quantitative estimate of drug-likeness (QED) is 0.563. The second-order valence-corrected chi connectivity index (χ2v) is 6.38. The van der Waals surface area contributed by atoms with Crippen LogP contribution in [0.3, 0.4) is 0 Å². The lowest BCUT2D eigenvalue weighted by atomic mass is 9.88. The molecule has 0 spiro atoms. The largest absolute Gasteiger partial charge is 0.366 e. The molecule has 2 heterocycles. The van der Waals surface area contributed by atoms with Gasteiger partial charge in [-0.25, -0.2) is 0 Å². The van der Waals surface area contributed by atoms with E-state index in [1.165, 1.54) is 11.1 Å². The third-order valence-corrected chi connectivity index (χ3v) is 3.67. The Hall–Kier alpha value is -1.59. The van der Waals surface area contributed by atoms with Gasteiger partial charge in [-0.1, -0.05) is 11.8 Å². The third kappa shape index (κ3) is 2.19. The van der Waals surface area contributed by atoms with Crippen LogP contribution in [0, 0.1) is 17.3 Å². The van der Waals surface area contributed by atoms with Crippen molar-refractivity contribution in [3.8, 4) is 11.8 Å². The van der Waals surface area contributed by atoms with Gasteiger partial charge in [0.15, 0.2) is 6.29 Å². The fourth-order valence-corrected chi connectivity index (χ4v) is 2.76. The number of ether oxygens (including phenoxy) is 1. The molecule has 0 aliphatic carbocycles. The van der Waals surface area contributed by atoms with Crippen LogP contribution in [0.15, 0.2) is 12.1 Å². The van der Waals surface area contributed by atoms with Crippen LogP contribution in [-0.4, -0.2) is 6.29 Å². The fraction of sp³-hybridized carbons (Fsp3) is 0.471. The highest BCUT2D eigenvalue weighted by Gasteiger charge is 2.38. The molecule has 1 fully saturated rings. The summed E-state index contributed by atoms with van der Waals surface area (Å²) in [6, 6.07) is 4.03. The average molecular weight is 254 g/mol. The number of aldehydes is 1. The summed E-state index contributed by atoms with van der Waals surface area (Å²) in [5, 5.41) is 0. The van der Waals surface area contributed by atoms with Gasteiger partial charge >= 0.3 is 0 Å². The van der Waals surface area contributed by atoms with E-state index in [0.717, 1.165) is 24.7 Å². The molecule has 1 aromatic carbocycles. The van der Waals surface area contributed by atoms with Gasteiger partial charge in [0.2, 0.25) is 0 Å². The van der Waals surface area contributed by atoms with E-state index in [2.05, 4.69) is 38.7 Å². The molecule has 2 bridgehead atoms. The van der Waals surface area contributed by atoms with Crippen molar-refractivity contribution in [2.75, 3.05) is 0 Å². The maximum Gasteiger partial charge on any atom is 0.151 e. The second kappa shape index (κ2) is 4.21. The number of benzene rings is 1. The van der Waals surface area contributed by atoms with Gasteiger partial charge in [-0.15, -0.1) is 0 Å². The number of hydrogen-bond donors (Lipinski definition) is 0. The summed E-state index contributed by atoms with van der Waals surface area (Å²) < 4.78 is 5.88. The van der Waals surface area contributed by atoms with Crippen molar-refractivity contribution in [3.63, 3.8) is 0 Å². The summed E-state index contributed by atoms with van der Waals surface area (Å²) in [7, 11) is 0. The van der Waals surface area contributed by atoms with E-state index in [1.807, 2.05) is 6.07 Å². The minimum Gasteiger partial charge on any atom is -0.366 e. The molecule has 98 valence electrons. The van der Waals surface area contributed by atoms with Crippen molar-refractivity contribution < 1.29 is 9.53 Å². The lowest BCUT2D eigenvalue weighted by Crippen LogP contribution is -2.03. The number of carbonyl (C=O) groups excluding carboxylic acids is 1. The molecule has 2 nitrogen and oxygen atoms in total. The molecule has 19 heavy (non-hydrogen) atoms. The van der Waals surface area contributed by atoms with E-state index >= 15 is 0 Å². The maximum absolute atomic E-state index is 11.2. The normalized spacial score (nSPS) is 23.7. The number of hydrogen-bond acceptors (Lipinski definition) is 2. The van der Waals surface area contributed by atoms with Crippen LogP contribution in [0.1, 0.15) is 72.9 Å². The van der Waals surface area contributed by atoms with E-state index < -0.39 is 0 Å². The van der Waals surface area contributed by atoms with Crippen molar-refractivity contribution in [1.82, 2.24) is 0 Å². The van der Waals surface area contributed by atoms with Crippen molar-refractivity contribution in [2.24, 2.45) is 5.41 Å². The van der Waals surface area contributed by atoms with Gasteiger partial charge in [-0.05, 0) is 56.9 Å². The summed E-state index contributed by atoms with van der Waals surface area (Å²) in [6.07, 6.45) is 3.48. The molecule has 0 aromatic heterocycles. The minimum absolute atomic E-state index is 0.0608. The molecule has 1 saturated heterocycles. The van der Waals surface area contributed by atoms with Crippen LogP contribution in [-0.2, 0) is 4.74 Å². The Kier molecular flexibility index (Phi) is 2.76. The topological polar surface area (TPSA) is 26.3 Å². The molecule has 2 aliphatic heterocycles. The first kappa shape index (κ1) is 12.4. The van der Waals surface area contributed by atoms with Crippen molar-refractivity contribution >= 4 is 6.29 Å². The molecule has 1 aromatic rings. The molecule has 0 radical (unpaired) electrons. The van der Waals surface area contributed by atoms with E-state index in [1.54, 1.807) is 0 Å². The van der Waals surface area contributed by atoms with Crippen molar-refractivity contribution in [3.05, 3.63) is 34.4 Å². The fourth-order valence-electron chi connectivity index (χ4n) is 2.76. The van der Waals surface area contributed by atoms with Crippen LogP contribution in [0.25, 0.3) is 0 Å². The molecular formula is C17H18O2. The Morgan fingerprint density at radius 2 is 1.84 bits per heavy atom. The van der Waals surface area contributed by atoms with Crippen LogP contribution >= 0.6 is 0 Å². The monoisotopic (exact) mass is 254 g/mol. The second-order valence-electron chi connectivity index (χ2n) is 6.38. The van der Waals surface area contributed by atoms with Gasteiger partial charge < -0.3 is 4.74 Å². The molecule has 2 atom stereocenters. The highest BCUT2D eigenvalue weighted by molar-refractivity contribution is 5.80. The molecule has 0 N–H and O–H groups in total. The minimum atomic E-state index is -0.0608. The highest BCUT2D eigenvalue weighted by Crippen LogP contribution is 2.50. The standard InChI is InChI=1S/C17H18O2/c1-17(2,3)7-6-11-8-13-14(9-12(11)10-18)16-5-4-15(13)19-16/h8-10,15-16H,4-5H2,1-3H3. The van der Waals surface area contributed by atoms with Crippen molar-refractivity contribution in [1.29, 1.82) is 0 Å². The van der Waals surface area contributed by atoms with Gasteiger partial charge in [0.25, 0.3) is 0 Å². The highest BCUT2D eigenvalue weighted by atomic mass is 16.5. The van der Waals surface area contributed by atoms with Crippen LogP contribution in [0.2, 0.25) is 0 Å². The first-order valence-electron chi connectivity index (χ1n) is 6.79. The lowest BCUT2D eigenvalue weighted by molar-refractivity contribution is 0.0716. The molecule has 2 unspecified atom stereocenters. The van der Waals surface area contributed by atoms with Gasteiger partial charge in [0.1, 0.15) is 0 Å². The molecule has 2 aliphatic rings. The van der Waals surface area contributed by atoms with Crippen LogP contribution < -0.4 is 0 Å². The molecule has 3 rings (SSSR count). The Morgan fingerprint density at radius 1 is 1.21 bits per heavy atom. The number of fused-ring (bicyclic) bond motifs is 5. The summed E-state index contributed by atoms with van der Waals surface area (Å²) in [6.45, 7) is 6.21. The lowest BCUT2D eigenvalue weighted by Gasteiger charge is -2.13. The van der Waals surface area contributed by atoms with E-state index in [9.17, 15) is 4.79 Å². The summed E-state index contributed by atoms with van der Waals surface area (Å²) in [5.74, 6) is 6.35. The molecule has 0 saturated carbocycles. The van der Waals surface area contributed by atoms with E-state index in [4.69, 9.17) is 4.74 Å². The van der Waals surface area contributed by atoms with Gasteiger partial charge in [0, 0.05) is 16.5 Å². The summed E-state index contributed by atoms with van der Waals surface area (Å²) in [5.41, 5.74) is 3.89. The Morgan fingerprint density at radius 3 is 2.42 bits per heavy atom. The predicted molar refractivity (Wildman–Crippen MR) is 74.0 cm³/mol. The van der Waals surface area contributed by atoms with E-state index in [0.29, 0.717) is 5.56 Å². The van der Waals surface area contributed by atoms with Gasteiger partial charge in [-0.3, -0.25) is 4.79 Å². The Balaban J connectivity index is 2.08. The Labute approximate surface area is 114 Å². The first-order valence-corrected chi connectivity index (χ1v) is 6.79. The zero-order chi connectivity index (χ0) is 13.6. The predicted octanol–water partition coefficient (Wildman–Crippen LogP) is 3.80. The van der Waals surface area contributed by atoms with Crippen molar-refractivity contribution in [2.45, 2.75) is 45.8 Å². The zero-order valence-corrected chi connectivity index (χ0v) is 11.6. The van der Waals surface area contributed by atoms with Gasteiger partial charge in [-0.2, -0.15) is 0 Å². The number of carbonyl (C=O) groups is 1. The Bertz CT molecular complexity index is 596. The number of rotatable bonds is 1. The summed E-state index contributed by atoms with van der Waals surface area (Å²) >= 11 is 0. The van der Waals surface area contributed by atoms with Gasteiger partial charge in [0.05, 0.1) is 12.2 Å². The van der Waals surface area contributed by atoms with Crippen LogP contribution in [0.5, 0.6) is 0 Å². The van der Waals surface area contributed by atoms with E-state index in [-0.39, 0.29) is 17.6 Å². The van der Waals surface area contributed by atoms with Crippen LogP contribution in [0.4, 0.5) is 0 Å². The maximum atomic E-state index is 11.2. The molecule has 0 amide bonds. The summed E-state index contributed by atoms with van der Waals surface area (Å²) in [4.78, 5) is 11.2. The zero-order valence-electron chi connectivity index (χ0n) is 11.6. The first-order chi connectivity index (χ1) is 8.98. The third-order valence-electron chi connectivity index (χ3n) is 3.67. The molecule has 2 heteroatoms. The smallest absolute Gasteiger partial charge is 0.151 e. The molecular weight excluding hydrogens is 236 g/mol. The average Bonchev–Trinajstić information content (AvgIpc) is 2.95. The SMILES string of the molecule is CC(C)(C)C#Cc1cc2c(cc1C=O)C1CCC2O1.